The minimum absolute atomic E-state index is 0.0431. The number of anilines is 1. The first-order valence-electron chi connectivity index (χ1n) is 13.8. The summed E-state index contributed by atoms with van der Waals surface area (Å²) in [6.45, 7) is 12.3. The number of aryl methyl sites for hydroxylation is 1. The fourth-order valence-electron chi connectivity index (χ4n) is 5.55. The highest BCUT2D eigenvalue weighted by molar-refractivity contribution is 5.91. The molecule has 11 heteroatoms. The average Bonchev–Trinajstić information content (AvgIpc) is 2.96. The van der Waals surface area contributed by atoms with E-state index in [1.807, 2.05) is 32.6 Å². The number of carbonyl (C=O) groups excluding carboxylic acids is 1. The summed E-state index contributed by atoms with van der Waals surface area (Å²) in [5, 5.41) is 10.7. The minimum atomic E-state index is -0.892. The number of phenolic OH excluding ortho intramolecular Hbond substituents is 1. The van der Waals surface area contributed by atoms with Gasteiger partial charge in [-0.3, -0.25) is 9.78 Å². The Balaban J connectivity index is 1.84. The predicted molar refractivity (Wildman–Crippen MR) is 157 cm³/mol. The van der Waals surface area contributed by atoms with Crippen molar-refractivity contribution in [2.75, 3.05) is 24.5 Å². The van der Waals surface area contributed by atoms with Gasteiger partial charge in [-0.1, -0.05) is 33.4 Å². The lowest BCUT2D eigenvalue weighted by molar-refractivity contribution is -0.126. The Morgan fingerprint density at radius 3 is 2.62 bits per heavy atom. The summed E-state index contributed by atoms with van der Waals surface area (Å²) in [5.41, 5.74) is 0.305. The molecule has 4 aromatic rings. The number of halogens is 2. The summed E-state index contributed by atoms with van der Waals surface area (Å²) in [6.07, 6.45) is 3.52. The normalized spacial score (nSPS) is 15.5. The van der Waals surface area contributed by atoms with Crippen LogP contribution < -0.4 is 10.6 Å². The number of fused-ring (bicyclic) bond motifs is 1. The molecule has 1 N–H and O–H groups in total. The van der Waals surface area contributed by atoms with Crippen molar-refractivity contribution in [3.05, 3.63) is 82.6 Å². The van der Waals surface area contributed by atoms with Crippen molar-refractivity contribution >= 4 is 22.8 Å². The third-order valence-electron chi connectivity index (χ3n) is 7.67. The van der Waals surface area contributed by atoms with E-state index in [4.69, 9.17) is 0 Å². The van der Waals surface area contributed by atoms with E-state index in [9.17, 15) is 19.1 Å². The lowest BCUT2D eigenvalue weighted by Gasteiger charge is -2.42. The highest BCUT2D eigenvalue weighted by atomic mass is 19.1. The molecule has 0 bridgehead atoms. The number of aromatic hydroxyl groups is 1. The molecule has 218 valence electrons. The van der Waals surface area contributed by atoms with Gasteiger partial charge in [-0.05, 0) is 55.2 Å². The van der Waals surface area contributed by atoms with Crippen LogP contribution in [0.5, 0.6) is 5.75 Å². The van der Waals surface area contributed by atoms with Crippen LogP contribution in [0.1, 0.15) is 44.4 Å². The highest BCUT2D eigenvalue weighted by Crippen LogP contribution is 2.37. The van der Waals surface area contributed by atoms with Crippen molar-refractivity contribution in [1.82, 2.24) is 24.4 Å². The molecule has 9 nitrogen and oxygen atoms in total. The molecule has 1 aromatic carbocycles. The molecular formula is C31H32F2N6O3. The van der Waals surface area contributed by atoms with Crippen molar-refractivity contribution in [3.63, 3.8) is 0 Å². The summed E-state index contributed by atoms with van der Waals surface area (Å²) in [6, 6.07) is 6.36. The maximum atomic E-state index is 15.9. The topological polar surface area (TPSA) is 104 Å². The minimum Gasteiger partial charge on any atom is -0.507 e. The molecule has 0 aliphatic carbocycles. The summed E-state index contributed by atoms with van der Waals surface area (Å²) < 4.78 is 32.1. The molecule has 4 heterocycles. The number of piperazine rings is 1. The first-order valence-corrected chi connectivity index (χ1v) is 13.8. The highest BCUT2D eigenvalue weighted by Gasteiger charge is 2.32. The molecule has 0 unspecified atom stereocenters. The second-order valence-corrected chi connectivity index (χ2v) is 10.6. The first kappa shape index (κ1) is 28.8. The fourth-order valence-corrected chi connectivity index (χ4v) is 5.55. The molecule has 1 atom stereocenters. The molecule has 0 radical (unpaired) electrons. The number of rotatable bonds is 6. The van der Waals surface area contributed by atoms with E-state index >= 15 is 4.39 Å². The molecule has 1 fully saturated rings. The summed E-state index contributed by atoms with van der Waals surface area (Å²) in [4.78, 5) is 43.4. The van der Waals surface area contributed by atoms with Gasteiger partial charge in [-0.25, -0.2) is 23.1 Å². The van der Waals surface area contributed by atoms with Crippen molar-refractivity contribution in [1.29, 1.82) is 0 Å². The first-order chi connectivity index (χ1) is 20.1. The number of amides is 1. The van der Waals surface area contributed by atoms with Gasteiger partial charge in [0.2, 0.25) is 5.91 Å². The van der Waals surface area contributed by atoms with E-state index in [1.54, 1.807) is 17.2 Å². The van der Waals surface area contributed by atoms with E-state index in [2.05, 4.69) is 21.5 Å². The van der Waals surface area contributed by atoms with Crippen LogP contribution in [0.15, 0.2) is 54.0 Å². The van der Waals surface area contributed by atoms with Gasteiger partial charge in [-0.15, -0.1) is 0 Å². The molecule has 0 spiro atoms. The van der Waals surface area contributed by atoms with Crippen molar-refractivity contribution in [2.45, 2.75) is 46.1 Å². The van der Waals surface area contributed by atoms with Gasteiger partial charge >= 0.3 is 5.69 Å². The number of carbonyl (C=O) groups is 1. The molecular weight excluding hydrogens is 542 g/mol. The molecule has 1 aliphatic rings. The molecule has 3 aromatic heterocycles. The van der Waals surface area contributed by atoms with Gasteiger partial charge in [-0.2, -0.15) is 4.98 Å². The van der Waals surface area contributed by atoms with E-state index in [0.717, 1.165) is 11.6 Å². The third-order valence-corrected chi connectivity index (χ3v) is 7.67. The van der Waals surface area contributed by atoms with Crippen molar-refractivity contribution < 1.29 is 18.7 Å². The second kappa shape index (κ2) is 11.3. The van der Waals surface area contributed by atoms with Crippen LogP contribution >= 0.6 is 0 Å². The van der Waals surface area contributed by atoms with Crippen LogP contribution in [0, 0.1) is 18.6 Å². The average molecular weight is 575 g/mol. The Kier molecular flexibility index (Phi) is 7.77. The van der Waals surface area contributed by atoms with E-state index < -0.39 is 34.3 Å². The molecule has 0 saturated carbocycles. The largest absolute Gasteiger partial charge is 0.507 e. The number of hydrogen-bond acceptors (Lipinski definition) is 7. The maximum absolute atomic E-state index is 15.9. The maximum Gasteiger partial charge on any atom is 0.355 e. The van der Waals surface area contributed by atoms with Crippen LogP contribution in [-0.4, -0.2) is 61.1 Å². The number of hydrogen-bond donors (Lipinski definition) is 1. The van der Waals surface area contributed by atoms with E-state index in [0.29, 0.717) is 37.4 Å². The zero-order valence-electron chi connectivity index (χ0n) is 23.9. The number of aromatic nitrogens is 4. The van der Waals surface area contributed by atoms with Crippen molar-refractivity contribution in [2.24, 2.45) is 0 Å². The van der Waals surface area contributed by atoms with E-state index in [-0.39, 0.29) is 34.7 Å². The zero-order chi connectivity index (χ0) is 30.3. The van der Waals surface area contributed by atoms with Crippen LogP contribution in [0.4, 0.5) is 14.6 Å². The monoisotopic (exact) mass is 574 g/mol. The Morgan fingerprint density at radius 1 is 1.19 bits per heavy atom. The van der Waals surface area contributed by atoms with Gasteiger partial charge in [0.15, 0.2) is 11.5 Å². The SMILES string of the molecule is C=CC(=O)N1CCN(c2nc(=O)n(-c3c(C)ccnc3C(C)C)c3nc(-c4c(O)cccc4F)c(F)cc23)[C@@H](CC)C1. The summed E-state index contributed by atoms with van der Waals surface area (Å²) in [7, 11) is 0. The quantitative estimate of drug-likeness (QED) is 0.328. The van der Waals surface area contributed by atoms with Crippen LogP contribution in [0.25, 0.3) is 28.0 Å². The Labute approximate surface area is 241 Å². The lowest BCUT2D eigenvalue weighted by Crippen LogP contribution is -2.55. The molecule has 42 heavy (non-hydrogen) atoms. The zero-order valence-corrected chi connectivity index (χ0v) is 23.9. The fraction of sp³-hybridized carbons (Fsp3) is 0.323. The second-order valence-electron chi connectivity index (χ2n) is 10.6. The van der Waals surface area contributed by atoms with Crippen LogP contribution in [0.3, 0.4) is 0 Å². The standard InChI is InChI=1S/C31H32F2N6O3/c1-6-19-16-37(24(41)7-2)13-14-38(19)29-20-15-22(33)27(25-21(32)9-8-10-23(25)40)35-30(20)39(31(42)36-29)28-18(5)11-12-34-26(28)17(3)4/h7-12,15,17,19,40H,2,6,13-14,16H2,1,3-5H3/t19-/m0/s1. The van der Waals surface area contributed by atoms with Gasteiger partial charge in [0.05, 0.1) is 22.3 Å². The van der Waals surface area contributed by atoms with Gasteiger partial charge < -0.3 is 14.9 Å². The number of nitrogens with zero attached hydrogens (tertiary/aromatic N) is 6. The molecule has 1 saturated heterocycles. The molecule has 1 amide bonds. The smallest absolute Gasteiger partial charge is 0.355 e. The Bertz CT molecular complexity index is 1750. The lowest BCUT2D eigenvalue weighted by atomic mass is 10.0. The predicted octanol–water partition coefficient (Wildman–Crippen LogP) is 4.87. The van der Waals surface area contributed by atoms with Crippen LogP contribution in [0.2, 0.25) is 0 Å². The number of pyridine rings is 2. The molecule has 5 rings (SSSR count). The van der Waals surface area contributed by atoms with E-state index in [1.165, 1.54) is 28.8 Å². The summed E-state index contributed by atoms with van der Waals surface area (Å²) >= 11 is 0. The van der Waals surface area contributed by atoms with Crippen molar-refractivity contribution in [3.8, 4) is 22.7 Å². The number of phenols is 1. The summed E-state index contributed by atoms with van der Waals surface area (Å²) in [5.74, 6) is -2.31. The Hall–Kier alpha value is -4.67. The number of benzene rings is 1. The van der Waals surface area contributed by atoms with Gasteiger partial charge in [0.25, 0.3) is 0 Å². The third kappa shape index (κ3) is 4.88. The van der Waals surface area contributed by atoms with Gasteiger partial charge in [0, 0.05) is 31.9 Å². The Morgan fingerprint density at radius 2 is 1.95 bits per heavy atom. The molecule has 1 aliphatic heterocycles. The van der Waals surface area contributed by atoms with Gasteiger partial charge in [0.1, 0.15) is 23.1 Å². The van der Waals surface area contributed by atoms with Crippen LogP contribution in [-0.2, 0) is 4.79 Å².